The molecule has 0 heterocycles. The maximum Gasteiger partial charge on any atom is 0.0724 e. The lowest BCUT2D eigenvalue weighted by molar-refractivity contribution is 0.764. The number of hydrogen-bond acceptors (Lipinski definition) is 0. The summed E-state index contributed by atoms with van der Waals surface area (Å²) in [6.07, 6.45) is 0. The quantitative estimate of drug-likeness (QED) is 0.166. The van der Waals surface area contributed by atoms with E-state index in [0.29, 0.717) is 0 Å². The van der Waals surface area contributed by atoms with Gasteiger partial charge in [0.1, 0.15) is 0 Å². The number of benzene rings is 8. The molecule has 0 atom stereocenters. The van der Waals surface area contributed by atoms with Gasteiger partial charge in [-0.15, -0.1) is 0 Å². The second kappa shape index (κ2) is 13.4. The summed E-state index contributed by atoms with van der Waals surface area (Å²) in [7, 11) is 0. The fraction of sp³-hybridized carbons (Fsp3) is 0.0400. The van der Waals surface area contributed by atoms with Crippen LogP contribution >= 0.6 is 31.9 Å². The Labute approximate surface area is 322 Å². The van der Waals surface area contributed by atoms with Gasteiger partial charge in [0, 0.05) is 8.95 Å². The SMILES string of the molecule is Brc1cccc(C2(c3ccccc3)c3ccccc3-c3ccccc32)c1.Brc1ccccc1C1(c2ccccc2)c2ccccc2-c2ccccc21. The van der Waals surface area contributed by atoms with Crippen molar-refractivity contribution in [1.29, 1.82) is 0 Å². The van der Waals surface area contributed by atoms with Gasteiger partial charge in [0.15, 0.2) is 0 Å². The molecule has 0 amide bonds. The van der Waals surface area contributed by atoms with Crippen LogP contribution in [0.5, 0.6) is 0 Å². The molecule has 0 saturated carbocycles. The molecule has 0 bridgehead atoms. The van der Waals surface area contributed by atoms with Crippen LogP contribution in [0, 0.1) is 0 Å². The minimum absolute atomic E-state index is 0.293. The first kappa shape index (κ1) is 32.6. The van der Waals surface area contributed by atoms with Gasteiger partial charge in [0.05, 0.1) is 10.8 Å². The van der Waals surface area contributed by atoms with Gasteiger partial charge in [-0.1, -0.05) is 220 Å². The third-order valence-corrected chi connectivity index (χ3v) is 12.0. The van der Waals surface area contributed by atoms with Crippen LogP contribution in [0.3, 0.4) is 0 Å². The van der Waals surface area contributed by atoms with E-state index in [1.54, 1.807) is 0 Å². The second-order valence-corrected chi connectivity index (χ2v) is 15.2. The van der Waals surface area contributed by atoms with Gasteiger partial charge in [-0.3, -0.25) is 0 Å². The molecule has 2 aliphatic rings. The maximum atomic E-state index is 3.84. The summed E-state index contributed by atoms with van der Waals surface area (Å²) in [6.45, 7) is 0. The van der Waals surface area contributed by atoms with E-state index >= 15 is 0 Å². The van der Waals surface area contributed by atoms with Crippen LogP contribution in [0.25, 0.3) is 22.3 Å². The van der Waals surface area contributed by atoms with Crippen molar-refractivity contribution >= 4 is 31.9 Å². The Balaban J connectivity index is 0.000000138. The van der Waals surface area contributed by atoms with Crippen LogP contribution in [-0.2, 0) is 10.8 Å². The van der Waals surface area contributed by atoms with Gasteiger partial charge in [-0.05, 0) is 85.0 Å². The standard InChI is InChI=1S/2C25H17Br/c26-24-17-9-8-16-23(24)25(18-10-2-1-3-11-18)21-14-6-4-12-19(21)20-13-5-7-15-22(20)25;26-20-12-8-11-19(17-20)25(18-9-2-1-3-10-18)23-15-6-4-13-21(23)22-14-5-7-16-24(22)25/h2*1-17H. The van der Waals surface area contributed by atoms with Crippen LogP contribution < -0.4 is 0 Å². The first-order valence-electron chi connectivity index (χ1n) is 17.7. The van der Waals surface area contributed by atoms with E-state index in [1.807, 2.05) is 0 Å². The highest BCUT2D eigenvalue weighted by molar-refractivity contribution is 9.10. The van der Waals surface area contributed by atoms with Crippen molar-refractivity contribution in [3.63, 3.8) is 0 Å². The zero-order valence-electron chi connectivity index (χ0n) is 28.4. The van der Waals surface area contributed by atoms with Crippen molar-refractivity contribution in [2.45, 2.75) is 10.8 Å². The molecule has 2 heteroatoms. The summed E-state index contributed by atoms with van der Waals surface area (Å²) >= 11 is 7.53. The molecule has 248 valence electrons. The lowest BCUT2D eigenvalue weighted by Gasteiger charge is -2.34. The van der Waals surface area contributed by atoms with Crippen molar-refractivity contribution in [2.24, 2.45) is 0 Å². The van der Waals surface area contributed by atoms with E-state index in [2.05, 4.69) is 238 Å². The van der Waals surface area contributed by atoms with Gasteiger partial charge in [0.25, 0.3) is 0 Å². The van der Waals surface area contributed by atoms with E-state index in [4.69, 9.17) is 0 Å². The highest BCUT2D eigenvalue weighted by Crippen LogP contribution is 2.58. The van der Waals surface area contributed by atoms with Gasteiger partial charge in [-0.25, -0.2) is 0 Å². The lowest BCUT2D eigenvalue weighted by atomic mass is 9.68. The Hall–Kier alpha value is -5.28. The maximum absolute atomic E-state index is 3.84. The fourth-order valence-electron chi connectivity index (χ4n) is 8.88. The van der Waals surface area contributed by atoms with Crippen LogP contribution in [0.15, 0.2) is 215 Å². The minimum atomic E-state index is -0.311. The molecule has 52 heavy (non-hydrogen) atoms. The molecule has 0 saturated heterocycles. The number of rotatable bonds is 4. The average Bonchev–Trinajstić information content (AvgIpc) is 3.68. The molecule has 0 N–H and O–H groups in total. The van der Waals surface area contributed by atoms with Crippen molar-refractivity contribution < 1.29 is 0 Å². The summed E-state index contributed by atoms with van der Waals surface area (Å²) in [5.74, 6) is 0. The number of halogens is 2. The van der Waals surface area contributed by atoms with E-state index in [1.165, 1.54) is 66.8 Å². The predicted octanol–water partition coefficient (Wildman–Crippen LogP) is 13.6. The largest absolute Gasteiger partial charge is 0.0724 e. The predicted molar refractivity (Wildman–Crippen MR) is 223 cm³/mol. The average molecular weight is 795 g/mol. The summed E-state index contributed by atoms with van der Waals surface area (Å²) in [6, 6.07) is 74.3. The molecule has 8 aromatic carbocycles. The Morgan fingerprint density at radius 3 is 1.06 bits per heavy atom. The Kier molecular flexibility index (Phi) is 8.38. The molecule has 10 rings (SSSR count). The van der Waals surface area contributed by atoms with E-state index in [0.717, 1.165) is 8.95 Å². The van der Waals surface area contributed by atoms with Gasteiger partial charge < -0.3 is 0 Å². The molecule has 0 radical (unpaired) electrons. The molecule has 0 aromatic heterocycles. The van der Waals surface area contributed by atoms with Crippen molar-refractivity contribution in [3.8, 4) is 22.3 Å². The number of hydrogen-bond donors (Lipinski definition) is 0. The van der Waals surface area contributed by atoms with E-state index in [9.17, 15) is 0 Å². The van der Waals surface area contributed by atoms with Crippen molar-refractivity contribution in [3.05, 3.63) is 260 Å². The second-order valence-electron chi connectivity index (χ2n) is 13.4. The van der Waals surface area contributed by atoms with Crippen LogP contribution in [0.1, 0.15) is 44.5 Å². The van der Waals surface area contributed by atoms with Gasteiger partial charge >= 0.3 is 0 Å². The first-order valence-corrected chi connectivity index (χ1v) is 19.2. The highest BCUT2D eigenvalue weighted by atomic mass is 79.9. The first-order chi connectivity index (χ1) is 25.6. The van der Waals surface area contributed by atoms with Crippen molar-refractivity contribution in [2.75, 3.05) is 0 Å². The summed E-state index contributed by atoms with van der Waals surface area (Å²) in [4.78, 5) is 0. The Bertz CT molecular complexity index is 2460. The van der Waals surface area contributed by atoms with E-state index < -0.39 is 0 Å². The highest BCUT2D eigenvalue weighted by Gasteiger charge is 2.47. The zero-order chi connectivity index (χ0) is 35.1. The Morgan fingerprint density at radius 2 is 0.615 bits per heavy atom. The summed E-state index contributed by atoms with van der Waals surface area (Å²) in [5, 5.41) is 0. The third-order valence-electron chi connectivity index (χ3n) is 10.9. The van der Waals surface area contributed by atoms with Crippen LogP contribution in [0.4, 0.5) is 0 Å². The molecule has 0 aliphatic heterocycles. The molecule has 0 nitrogen and oxygen atoms in total. The van der Waals surface area contributed by atoms with Gasteiger partial charge in [0.2, 0.25) is 0 Å². The molecule has 0 fully saturated rings. The smallest absolute Gasteiger partial charge is 0.0622 e. The molecule has 0 spiro atoms. The molecule has 8 aromatic rings. The topological polar surface area (TPSA) is 0 Å². The fourth-order valence-corrected chi connectivity index (χ4v) is 9.86. The van der Waals surface area contributed by atoms with Gasteiger partial charge in [-0.2, -0.15) is 0 Å². The molecule has 2 aliphatic carbocycles. The van der Waals surface area contributed by atoms with Crippen molar-refractivity contribution in [1.82, 2.24) is 0 Å². The van der Waals surface area contributed by atoms with Crippen LogP contribution in [-0.4, -0.2) is 0 Å². The summed E-state index contributed by atoms with van der Waals surface area (Å²) in [5.41, 5.74) is 15.3. The molecular formula is C50H34Br2. The normalized spacial score (nSPS) is 13.9. The number of fused-ring (bicyclic) bond motifs is 6. The van der Waals surface area contributed by atoms with Crippen LogP contribution in [0.2, 0.25) is 0 Å². The third kappa shape index (κ3) is 4.93. The van der Waals surface area contributed by atoms with E-state index in [-0.39, 0.29) is 10.8 Å². The lowest BCUT2D eigenvalue weighted by Crippen LogP contribution is -2.29. The molecule has 0 unspecified atom stereocenters. The zero-order valence-corrected chi connectivity index (χ0v) is 31.6. The minimum Gasteiger partial charge on any atom is -0.0622 e. The summed E-state index contributed by atoms with van der Waals surface area (Å²) < 4.78 is 2.24. The monoisotopic (exact) mass is 792 g/mol. The Morgan fingerprint density at radius 1 is 0.269 bits per heavy atom. The molecular weight excluding hydrogens is 760 g/mol.